The van der Waals surface area contributed by atoms with Gasteiger partial charge < -0.3 is 5.32 Å². The second-order valence-corrected chi connectivity index (χ2v) is 6.63. The molecule has 0 saturated carbocycles. The summed E-state index contributed by atoms with van der Waals surface area (Å²) in [7, 11) is 0. The number of rotatable bonds is 7. The molecule has 18 heavy (non-hydrogen) atoms. The minimum Gasteiger partial charge on any atom is -0.302 e. The van der Waals surface area contributed by atoms with E-state index in [9.17, 15) is 0 Å². The summed E-state index contributed by atoms with van der Waals surface area (Å²) in [4.78, 5) is 2.83. The molecule has 2 aromatic heterocycles. The van der Waals surface area contributed by atoms with E-state index in [1.54, 1.807) is 0 Å². The fourth-order valence-corrected chi connectivity index (χ4v) is 3.77. The van der Waals surface area contributed by atoms with Crippen molar-refractivity contribution in [2.45, 2.75) is 45.2 Å². The van der Waals surface area contributed by atoms with Crippen molar-refractivity contribution in [3.8, 4) is 0 Å². The van der Waals surface area contributed by atoms with Gasteiger partial charge in [0.05, 0.1) is 6.04 Å². The van der Waals surface area contributed by atoms with Gasteiger partial charge in [-0.1, -0.05) is 31.9 Å². The molecule has 98 valence electrons. The van der Waals surface area contributed by atoms with Gasteiger partial charge in [0.15, 0.2) is 0 Å². The van der Waals surface area contributed by atoms with Crippen LogP contribution >= 0.6 is 22.7 Å². The number of hydrogen-bond acceptors (Lipinski definition) is 3. The monoisotopic (exact) mass is 279 g/mol. The summed E-state index contributed by atoms with van der Waals surface area (Å²) in [5, 5.41) is 8.10. The molecule has 0 aliphatic rings. The maximum atomic E-state index is 3.78. The first kappa shape index (κ1) is 13.8. The van der Waals surface area contributed by atoms with Crippen molar-refractivity contribution in [1.82, 2.24) is 5.32 Å². The largest absolute Gasteiger partial charge is 0.302 e. The Labute approximate surface area is 118 Å². The molecule has 2 aromatic rings. The maximum absolute atomic E-state index is 3.78. The van der Waals surface area contributed by atoms with Gasteiger partial charge in [0.2, 0.25) is 0 Å². The predicted molar refractivity (Wildman–Crippen MR) is 82.6 cm³/mol. The first-order valence-electron chi connectivity index (χ1n) is 6.64. The van der Waals surface area contributed by atoms with Crippen molar-refractivity contribution in [2.75, 3.05) is 0 Å². The van der Waals surface area contributed by atoms with Crippen molar-refractivity contribution in [2.24, 2.45) is 0 Å². The minimum atomic E-state index is 0.372. The number of thiophene rings is 2. The zero-order chi connectivity index (χ0) is 12.8. The van der Waals surface area contributed by atoms with E-state index in [0.29, 0.717) is 12.1 Å². The Kier molecular flexibility index (Phi) is 5.42. The summed E-state index contributed by atoms with van der Waals surface area (Å²) < 4.78 is 0. The smallest absolute Gasteiger partial charge is 0.0766 e. The number of hydrogen-bond donors (Lipinski definition) is 1. The normalized spacial score (nSPS) is 13.1. The zero-order valence-electron chi connectivity index (χ0n) is 11.1. The molecule has 0 radical (unpaired) electrons. The van der Waals surface area contributed by atoms with Gasteiger partial charge in [0.25, 0.3) is 0 Å². The summed E-state index contributed by atoms with van der Waals surface area (Å²) in [6, 6.07) is 9.68. The van der Waals surface area contributed by atoms with Gasteiger partial charge >= 0.3 is 0 Å². The van der Waals surface area contributed by atoms with Crippen LogP contribution in [0.2, 0.25) is 0 Å². The Bertz CT molecular complexity index is 385. The zero-order valence-corrected chi connectivity index (χ0v) is 12.7. The summed E-state index contributed by atoms with van der Waals surface area (Å²) in [6.07, 6.45) is 3.83. The lowest BCUT2D eigenvalue weighted by atomic mass is 10.1. The molecule has 1 atom stereocenters. The molecule has 0 aromatic carbocycles. The highest BCUT2D eigenvalue weighted by Crippen LogP contribution is 2.29. The van der Waals surface area contributed by atoms with Crippen LogP contribution < -0.4 is 5.32 Å². The van der Waals surface area contributed by atoms with Crippen molar-refractivity contribution >= 4 is 22.7 Å². The lowest BCUT2D eigenvalue weighted by Gasteiger charge is -2.21. The molecular formula is C15H21NS2. The van der Waals surface area contributed by atoms with Crippen molar-refractivity contribution in [3.05, 3.63) is 44.8 Å². The van der Waals surface area contributed by atoms with Gasteiger partial charge in [-0.25, -0.2) is 0 Å². The van der Waals surface area contributed by atoms with E-state index in [4.69, 9.17) is 0 Å². The van der Waals surface area contributed by atoms with Gasteiger partial charge in [0, 0.05) is 15.8 Å². The molecule has 3 heteroatoms. The molecule has 0 bridgehead atoms. The average Bonchev–Trinajstić information content (AvgIpc) is 3.05. The predicted octanol–water partition coefficient (Wildman–Crippen LogP) is 5.07. The van der Waals surface area contributed by atoms with E-state index < -0.39 is 0 Å². The van der Waals surface area contributed by atoms with Gasteiger partial charge in [-0.2, -0.15) is 0 Å². The van der Waals surface area contributed by atoms with Gasteiger partial charge in [-0.3, -0.25) is 0 Å². The van der Waals surface area contributed by atoms with Crippen LogP contribution in [0.5, 0.6) is 0 Å². The van der Waals surface area contributed by atoms with Crippen molar-refractivity contribution in [3.63, 3.8) is 0 Å². The van der Waals surface area contributed by atoms with E-state index >= 15 is 0 Å². The highest BCUT2D eigenvalue weighted by atomic mass is 32.1. The second-order valence-electron chi connectivity index (χ2n) is 4.67. The molecule has 1 N–H and O–H groups in total. The lowest BCUT2D eigenvalue weighted by molar-refractivity contribution is 0.465. The molecule has 1 unspecified atom stereocenters. The third kappa shape index (κ3) is 3.67. The van der Waals surface area contributed by atoms with Crippen LogP contribution in [0.4, 0.5) is 0 Å². The Morgan fingerprint density at radius 2 is 1.72 bits per heavy atom. The Morgan fingerprint density at radius 3 is 2.17 bits per heavy atom. The first-order valence-corrected chi connectivity index (χ1v) is 8.40. The summed E-state index contributed by atoms with van der Waals surface area (Å²) in [5.74, 6) is 0. The molecule has 0 amide bonds. The van der Waals surface area contributed by atoms with Crippen LogP contribution in [0.1, 0.15) is 48.9 Å². The fourth-order valence-electron chi connectivity index (χ4n) is 2.09. The molecule has 0 spiro atoms. The van der Waals surface area contributed by atoms with E-state index in [1.807, 2.05) is 22.7 Å². The molecule has 0 aliphatic carbocycles. The van der Waals surface area contributed by atoms with Gasteiger partial charge in [-0.15, -0.1) is 22.7 Å². The minimum absolute atomic E-state index is 0.372. The molecule has 1 nitrogen and oxygen atoms in total. The third-order valence-corrected chi connectivity index (χ3v) is 4.97. The standard InChI is InChI=1S/C15H21NS2/c1-3-4-7-12(2)16-15(13-8-5-10-17-13)14-9-6-11-18-14/h5-6,8-12,15-16H,3-4,7H2,1-2H3. The maximum Gasteiger partial charge on any atom is 0.0766 e. The summed E-state index contributed by atoms with van der Waals surface area (Å²) in [5.41, 5.74) is 0. The summed E-state index contributed by atoms with van der Waals surface area (Å²) >= 11 is 3.68. The SMILES string of the molecule is CCCCC(C)NC(c1cccs1)c1cccs1. The molecule has 0 saturated heterocycles. The quantitative estimate of drug-likeness (QED) is 0.746. The Hall–Kier alpha value is -0.640. The summed E-state index contributed by atoms with van der Waals surface area (Å²) in [6.45, 7) is 4.55. The van der Waals surface area contributed by atoms with Gasteiger partial charge in [0.1, 0.15) is 0 Å². The number of unbranched alkanes of at least 4 members (excludes halogenated alkanes) is 1. The molecule has 0 aliphatic heterocycles. The van der Waals surface area contributed by atoms with E-state index in [2.05, 4.69) is 54.2 Å². The third-order valence-electron chi connectivity index (χ3n) is 3.10. The lowest BCUT2D eigenvalue weighted by Crippen LogP contribution is -2.30. The van der Waals surface area contributed by atoms with Crippen LogP contribution in [0, 0.1) is 0 Å². The van der Waals surface area contributed by atoms with E-state index in [0.717, 1.165) is 0 Å². The van der Waals surface area contributed by atoms with Crippen LogP contribution in [0.3, 0.4) is 0 Å². The Balaban J connectivity index is 2.07. The average molecular weight is 279 g/mol. The highest BCUT2D eigenvalue weighted by Gasteiger charge is 2.17. The van der Waals surface area contributed by atoms with Gasteiger partial charge in [-0.05, 0) is 36.2 Å². The van der Waals surface area contributed by atoms with Crippen LogP contribution in [0.25, 0.3) is 0 Å². The van der Waals surface area contributed by atoms with Crippen LogP contribution in [-0.4, -0.2) is 6.04 Å². The van der Waals surface area contributed by atoms with E-state index in [1.165, 1.54) is 29.0 Å². The van der Waals surface area contributed by atoms with E-state index in [-0.39, 0.29) is 0 Å². The Morgan fingerprint density at radius 1 is 1.11 bits per heavy atom. The topological polar surface area (TPSA) is 12.0 Å². The highest BCUT2D eigenvalue weighted by molar-refractivity contribution is 7.11. The molecular weight excluding hydrogens is 258 g/mol. The molecule has 0 fully saturated rings. The first-order chi connectivity index (χ1) is 8.81. The van der Waals surface area contributed by atoms with Crippen molar-refractivity contribution in [1.29, 1.82) is 0 Å². The van der Waals surface area contributed by atoms with Crippen molar-refractivity contribution < 1.29 is 0 Å². The second kappa shape index (κ2) is 7.07. The molecule has 2 rings (SSSR count). The molecule has 2 heterocycles. The van der Waals surface area contributed by atoms with Crippen LogP contribution in [0.15, 0.2) is 35.0 Å². The van der Waals surface area contributed by atoms with Crippen LogP contribution in [-0.2, 0) is 0 Å². The fraction of sp³-hybridized carbons (Fsp3) is 0.467. The number of nitrogens with one attached hydrogen (secondary N) is 1.